The van der Waals surface area contributed by atoms with Crippen LogP contribution in [0.2, 0.25) is 0 Å². The summed E-state index contributed by atoms with van der Waals surface area (Å²) < 4.78 is 61.4. The van der Waals surface area contributed by atoms with E-state index in [1.165, 1.54) is 52.3 Å². The molecule has 0 amide bonds. The first-order valence-electron chi connectivity index (χ1n) is 15.3. The van der Waals surface area contributed by atoms with Crippen LogP contribution >= 0.6 is 23.1 Å². The molecule has 3 N–H and O–H groups in total. The Morgan fingerprint density at radius 1 is 1.20 bits per heavy atom. The lowest BCUT2D eigenvalue weighted by Crippen LogP contribution is -2.38. The van der Waals surface area contributed by atoms with E-state index in [0.29, 0.717) is 6.61 Å². The lowest BCUT2D eigenvalue weighted by Gasteiger charge is -2.41. The van der Waals surface area contributed by atoms with Crippen LogP contribution in [0.25, 0.3) is 0 Å². The number of ether oxygens (including phenoxy) is 2. The lowest BCUT2D eigenvalue weighted by molar-refractivity contribution is -0.137. The number of nitrogens with zero attached hydrogens (tertiary/aromatic N) is 1. The van der Waals surface area contributed by atoms with Crippen molar-refractivity contribution in [3.63, 3.8) is 0 Å². The quantitative estimate of drug-likeness (QED) is 0.0795. The number of halogens is 4. The minimum atomic E-state index is -4.33. The van der Waals surface area contributed by atoms with Crippen LogP contribution in [0.1, 0.15) is 92.6 Å². The molecule has 1 heterocycles. The fourth-order valence-electron chi connectivity index (χ4n) is 4.00. The molecular formula is C34H64F4N2O3S2. The van der Waals surface area contributed by atoms with Gasteiger partial charge in [0.25, 0.3) is 0 Å². The van der Waals surface area contributed by atoms with Crippen LogP contribution in [0, 0.1) is 0 Å². The first-order chi connectivity index (χ1) is 21.2. The van der Waals surface area contributed by atoms with E-state index in [0.717, 1.165) is 55.2 Å². The van der Waals surface area contributed by atoms with Gasteiger partial charge in [-0.15, -0.1) is 0 Å². The summed E-state index contributed by atoms with van der Waals surface area (Å²) in [5, 5.41) is 9.18. The molecule has 1 aliphatic rings. The van der Waals surface area contributed by atoms with Crippen LogP contribution < -0.4 is 5.73 Å². The molecule has 268 valence electrons. The van der Waals surface area contributed by atoms with Gasteiger partial charge in [0, 0.05) is 49.8 Å². The second kappa shape index (κ2) is 31.4. The maximum absolute atomic E-state index is 13.2. The molecule has 45 heavy (non-hydrogen) atoms. The number of nitrogens with two attached hydrogens (primary N) is 1. The number of aliphatic imine (C=N–C) groups is 1. The minimum Gasteiger partial charge on any atom is -0.400 e. The van der Waals surface area contributed by atoms with Gasteiger partial charge in [-0.3, -0.25) is 4.99 Å². The van der Waals surface area contributed by atoms with E-state index in [2.05, 4.69) is 42.6 Å². The number of unbranched alkanes of at least 4 members (excludes halogenated alkanes) is 2. The highest BCUT2D eigenvalue weighted by Gasteiger charge is 2.37. The average molecular weight is 689 g/mol. The molecule has 5 nitrogen and oxygen atoms in total. The number of aliphatic hydroxyl groups excluding tert-OH is 1. The third kappa shape index (κ3) is 24.6. The van der Waals surface area contributed by atoms with E-state index in [1.54, 1.807) is 20.4 Å². The predicted molar refractivity (Wildman–Crippen MR) is 195 cm³/mol. The summed E-state index contributed by atoms with van der Waals surface area (Å²) in [5.74, 6) is 0. The maximum Gasteiger partial charge on any atom is 0.416 e. The van der Waals surface area contributed by atoms with E-state index in [9.17, 15) is 17.6 Å². The molecular weight excluding hydrogens is 625 g/mol. The van der Waals surface area contributed by atoms with Crippen molar-refractivity contribution in [2.75, 3.05) is 47.8 Å². The number of alkyl halides is 4. The Balaban J connectivity index is -0.000000411. The van der Waals surface area contributed by atoms with Gasteiger partial charge in [-0.2, -0.15) is 36.3 Å². The van der Waals surface area contributed by atoms with Crippen molar-refractivity contribution in [1.29, 1.82) is 0 Å². The van der Waals surface area contributed by atoms with Gasteiger partial charge in [-0.05, 0) is 96.5 Å². The van der Waals surface area contributed by atoms with Gasteiger partial charge in [-0.25, -0.2) is 4.39 Å². The highest BCUT2D eigenvalue weighted by Crippen LogP contribution is 2.49. The van der Waals surface area contributed by atoms with Crippen LogP contribution in [-0.2, 0) is 15.7 Å². The van der Waals surface area contributed by atoms with Gasteiger partial charge >= 0.3 is 6.18 Å². The molecule has 0 aliphatic carbocycles. The van der Waals surface area contributed by atoms with Crippen LogP contribution in [0.5, 0.6) is 0 Å². The van der Waals surface area contributed by atoms with Crippen molar-refractivity contribution in [1.82, 2.24) is 0 Å². The van der Waals surface area contributed by atoms with Gasteiger partial charge in [0.15, 0.2) is 0 Å². The summed E-state index contributed by atoms with van der Waals surface area (Å²) >= 11 is 3.53. The Hall–Kier alpha value is -1.24. The molecule has 1 aromatic rings. The molecule has 2 rings (SSSR count). The van der Waals surface area contributed by atoms with Crippen molar-refractivity contribution in [2.45, 2.75) is 115 Å². The fourth-order valence-corrected chi connectivity index (χ4v) is 6.61. The van der Waals surface area contributed by atoms with Gasteiger partial charge in [0.05, 0.1) is 17.8 Å². The number of aliphatic hydroxyl groups is 1. The predicted octanol–water partition coefficient (Wildman–Crippen LogP) is 9.44. The number of hydrogen-bond acceptors (Lipinski definition) is 6. The van der Waals surface area contributed by atoms with Crippen LogP contribution in [0.3, 0.4) is 0 Å². The van der Waals surface area contributed by atoms with Gasteiger partial charge in [0.1, 0.15) is 0 Å². The van der Waals surface area contributed by atoms with Gasteiger partial charge in [-0.1, -0.05) is 45.0 Å². The zero-order chi connectivity index (χ0) is 36.1. The second-order valence-corrected chi connectivity index (χ2v) is 12.6. The molecule has 3 atom stereocenters. The number of thiol groups is 1. The molecule has 0 saturated carbocycles. The number of allylic oxidation sites excluding steroid dienone is 1. The van der Waals surface area contributed by atoms with E-state index in [4.69, 9.17) is 14.6 Å². The molecule has 11 heteroatoms. The molecule has 0 bridgehead atoms. The van der Waals surface area contributed by atoms with Crippen LogP contribution in [-0.4, -0.2) is 81.0 Å². The Morgan fingerprint density at radius 2 is 1.76 bits per heavy atom. The first kappa shape index (κ1) is 50.6. The number of rotatable bonds is 9. The van der Waals surface area contributed by atoms with E-state index in [1.807, 2.05) is 32.9 Å². The third-order valence-electron chi connectivity index (χ3n) is 6.10. The number of hydrogen-bond donors (Lipinski definition) is 3. The van der Waals surface area contributed by atoms with Gasteiger partial charge < -0.3 is 20.3 Å². The second-order valence-electron chi connectivity index (χ2n) is 10.2. The van der Waals surface area contributed by atoms with Gasteiger partial charge in [0.2, 0.25) is 0 Å². The molecule has 1 fully saturated rings. The molecule has 0 radical (unpaired) electrons. The smallest absolute Gasteiger partial charge is 0.400 e. The van der Waals surface area contributed by atoms with Crippen molar-refractivity contribution in [2.24, 2.45) is 10.7 Å². The highest BCUT2D eigenvalue weighted by molar-refractivity contribution is 8.16. The highest BCUT2D eigenvalue weighted by atomic mass is 32.2. The minimum absolute atomic E-state index is 0.0403. The molecule has 1 saturated heterocycles. The normalized spacial score (nSPS) is 18.7. The molecule has 0 spiro atoms. The van der Waals surface area contributed by atoms with Crippen LogP contribution in [0.4, 0.5) is 17.6 Å². The standard InChI is InChI=1S/C22H30F3NOS.C6H14O.C3H7F.CH5N.CH4O.CH4S/c1-6-12-28(19-9-7-8-18(14-19)22(23,24)25)21(4)10-11-27-20(15-21)16(2)13-17(3)26-5;1-3-4-5-6-7-2;1-3(2)4;3*1-2/h7-9,12-14,20H,6,10-11,15H2,1-5H3;3-6H2,1-2H3;3H,1-2H3;2H2,1H3;2*2H,1H3/b16-13+,26-17?;;;;;. The van der Waals surface area contributed by atoms with E-state index >= 15 is 0 Å². The van der Waals surface area contributed by atoms with E-state index < -0.39 is 28.4 Å². The number of methoxy groups -OCH3 is 1. The third-order valence-corrected chi connectivity index (χ3v) is 8.96. The zero-order valence-electron chi connectivity index (χ0n) is 29.9. The van der Waals surface area contributed by atoms with Crippen LogP contribution in [0.15, 0.2) is 45.8 Å². The molecule has 1 aliphatic heterocycles. The van der Waals surface area contributed by atoms with Crippen molar-refractivity contribution < 1.29 is 32.1 Å². The summed E-state index contributed by atoms with van der Waals surface area (Å²) in [6, 6.07) is 5.82. The summed E-state index contributed by atoms with van der Waals surface area (Å²) in [7, 11) is 5.60. The first-order valence-corrected chi connectivity index (χ1v) is 17.5. The Morgan fingerprint density at radius 3 is 2.20 bits per heavy atom. The Bertz CT molecular complexity index is 920. The fraction of sp³-hybridized carbons (Fsp3) is 0.706. The monoisotopic (exact) mass is 688 g/mol. The van der Waals surface area contributed by atoms with Crippen molar-refractivity contribution in [3.8, 4) is 0 Å². The maximum atomic E-state index is 13.2. The average Bonchev–Trinajstić information content (AvgIpc) is 3.02. The summed E-state index contributed by atoms with van der Waals surface area (Å²) in [6.07, 6.45) is 4.91. The molecule has 1 aromatic carbocycles. The summed E-state index contributed by atoms with van der Waals surface area (Å²) in [6.45, 7) is 14.9. The molecule has 0 aromatic heterocycles. The Labute approximate surface area is 280 Å². The van der Waals surface area contributed by atoms with Crippen molar-refractivity contribution in [3.05, 3.63) is 41.5 Å². The Kier molecular flexibility index (Phi) is 35.3. The summed E-state index contributed by atoms with van der Waals surface area (Å²) in [5.41, 5.74) is 5.97. The molecule has 3 unspecified atom stereocenters. The topological polar surface area (TPSA) is 77.1 Å². The summed E-state index contributed by atoms with van der Waals surface area (Å²) in [4.78, 5) is 4.94. The largest absolute Gasteiger partial charge is 0.416 e. The van der Waals surface area contributed by atoms with Crippen molar-refractivity contribution >= 4 is 34.2 Å². The zero-order valence-corrected chi connectivity index (χ0v) is 31.6. The van der Waals surface area contributed by atoms with E-state index in [-0.39, 0.29) is 10.9 Å². The lowest BCUT2D eigenvalue weighted by atomic mass is 9.92. The number of benzene rings is 1. The SMILES string of the molecule is CC(C)F.CC/C=S(\c1cccc(C(F)(F)F)c1)C1(C)CCOC(/C(C)=C/C(C)=NC)C1.CCCCCOC.CN.CO.CS.